The van der Waals surface area contributed by atoms with Crippen LogP contribution in [0.2, 0.25) is 0 Å². The third-order valence-corrected chi connectivity index (χ3v) is 3.89. The summed E-state index contributed by atoms with van der Waals surface area (Å²) < 4.78 is 3.56. The van der Waals surface area contributed by atoms with E-state index in [4.69, 9.17) is 12.2 Å². The molecule has 0 aliphatic heterocycles. The predicted molar refractivity (Wildman–Crippen MR) is 86.6 cm³/mol. The van der Waals surface area contributed by atoms with E-state index >= 15 is 0 Å². The topological polar surface area (TPSA) is 33.6 Å². The zero-order chi connectivity index (χ0) is 14.1. The molecule has 0 bridgehead atoms. The number of hydrogen-bond acceptors (Lipinski definition) is 2. The number of benzene rings is 2. The average molecular weight is 346 g/mol. The molecule has 1 heterocycles. The van der Waals surface area contributed by atoms with Crippen molar-refractivity contribution in [1.82, 2.24) is 14.8 Å². The van der Waals surface area contributed by atoms with Gasteiger partial charge >= 0.3 is 0 Å². The second-order valence-electron chi connectivity index (χ2n) is 4.48. The number of aromatic nitrogens is 3. The highest BCUT2D eigenvalue weighted by molar-refractivity contribution is 9.10. The van der Waals surface area contributed by atoms with Gasteiger partial charge in [0.15, 0.2) is 10.6 Å². The quantitative estimate of drug-likeness (QED) is 0.684. The van der Waals surface area contributed by atoms with E-state index in [1.165, 1.54) is 0 Å². The number of nitrogens with zero attached hydrogens (tertiary/aromatic N) is 2. The van der Waals surface area contributed by atoms with Gasteiger partial charge in [0, 0.05) is 15.7 Å². The summed E-state index contributed by atoms with van der Waals surface area (Å²) in [6, 6.07) is 16.1. The molecule has 0 unspecified atom stereocenters. The Labute approximate surface area is 130 Å². The van der Waals surface area contributed by atoms with Crippen LogP contribution in [-0.4, -0.2) is 14.8 Å². The minimum Gasteiger partial charge on any atom is -0.268 e. The molecule has 0 saturated carbocycles. The molecule has 100 valence electrons. The van der Waals surface area contributed by atoms with Crippen molar-refractivity contribution < 1.29 is 0 Å². The van der Waals surface area contributed by atoms with Crippen LogP contribution in [0, 0.1) is 11.7 Å². The number of para-hydroxylation sites is 1. The predicted octanol–water partition coefficient (Wildman–Crippen LogP) is 4.67. The number of rotatable bonds is 2. The van der Waals surface area contributed by atoms with E-state index in [-0.39, 0.29) is 0 Å². The van der Waals surface area contributed by atoms with Crippen LogP contribution in [0.15, 0.2) is 53.0 Å². The maximum absolute atomic E-state index is 5.36. The largest absolute Gasteiger partial charge is 0.268 e. The van der Waals surface area contributed by atoms with Gasteiger partial charge in [-0.05, 0) is 49.0 Å². The van der Waals surface area contributed by atoms with E-state index in [9.17, 15) is 0 Å². The van der Waals surface area contributed by atoms with Crippen molar-refractivity contribution >= 4 is 28.1 Å². The summed E-state index contributed by atoms with van der Waals surface area (Å²) in [5, 5.41) is 7.27. The lowest BCUT2D eigenvalue weighted by Gasteiger charge is -2.09. The number of aromatic amines is 1. The standard InChI is InChI=1S/C15H12BrN3S/c1-10-7-8-11(16)9-13(10)14-17-18-15(20)19(14)12-5-3-2-4-6-12/h2-9H,1H3,(H,18,20). The van der Waals surface area contributed by atoms with Crippen LogP contribution in [0.1, 0.15) is 5.56 Å². The third kappa shape index (κ3) is 2.34. The van der Waals surface area contributed by atoms with Gasteiger partial charge in [-0.1, -0.05) is 40.2 Å². The van der Waals surface area contributed by atoms with Crippen LogP contribution in [0.25, 0.3) is 17.1 Å². The van der Waals surface area contributed by atoms with Gasteiger partial charge in [0.2, 0.25) is 0 Å². The van der Waals surface area contributed by atoms with Crippen molar-refractivity contribution in [3.63, 3.8) is 0 Å². The molecular formula is C15H12BrN3S. The van der Waals surface area contributed by atoms with E-state index in [0.29, 0.717) is 4.77 Å². The van der Waals surface area contributed by atoms with Crippen LogP contribution in [0.5, 0.6) is 0 Å². The van der Waals surface area contributed by atoms with Crippen molar-refractivity contribution in [3.8, 4) is 17.1 Å². The van der Waals surface area contributed by atoms with Crippen LogP contribution >= 0.6 is 28.1 Å². The Hall–Kier alpha value is -1.72. The van der Waals surface area contributed by atoms with E-state index in [0.717, 1.165) is 27.1 Å². The Bertz CT molecular complexity index is 805. The molecule has 2 aromatic carbocycles. The van der Waals surface area contributed by atoms with Crippen LogP contribution in [0.3, 0.4) is 0 Å². The van der Waals surface area contributed by atoms with Gasteiger partial charge in [-0.2, -0.15) is 5.10 Å². The van der Waals surface area contributed by atoms with Gasteiger partial charge in [-0.3, -0.25) is 9.67 Å². The van der Waals surface area contributed by atoms with Crippen molar-refractivity contribution in [3.05, 3.63) is 63.3 Å². The van der Waals surface area contributed by atoms with Gasteiger partial charge in [0.1, 0.15) is 0 Å². The average Bonchev–Trinajstić information content (AvgIpc) is 2.84. The number of halogens is 1. The number of hydrogen-bond donors (Lipinski definition) is 1. The first-order valence-electron chi connectivity index (χ1n) is 6.16. The zero-order valence-electron chi connectivity index (χ0n) is 10.8. The first kappa shape index (κ1) is 13.3. The molecule has 0 saturated heterocycles. The summed E-state index contributed by atoms with van der Waals surface area (Å²) in [4.78, 5) is 0. The highest BCUT2D eigenvalue weighted by atomic mass is 79.9. The molecule has 3 rings (SSSR count). The molecule has 0 fully saturated rings. The molecule has 0 atom stereocenters. The van der Waals surface area contributed by atoms with Gasteiger partial charge in [-0.25, -0.2) is 0 Å². The van der Waals surface area contributed by atoms with Gasteiger partial charge in [0.05, 0.1) is 0 Å². The maximum Gasteiger partial charge on any atom is 0.200 e. The lowest BCUT2D eigenvalue weighted by Crippen LogP contribution is -1.98. The number of aryl methyl sites for hydroxylation is 1. The van der Waals surface area contributed by atoms with Gasteiger partial charge in [0.25, 0.3) is 0 Å². The zero-order valence-corrected chi connectivity index (χ0v) is 13.2. The lowest BCUT2D eigenvalue weighted by molar-refractivity contribution is 1.03. The summed E-state index contributed by atoms with van der Waals surface area (Å²) >= 11 is 8.87. The first-order chi connectivity index (χ1) is 9.66. The van der Waals surface area contributed by atoms with Crippen LogP contribution in [-0.2, 0) is 0 Å². The molecule has 3 nitrogen and oxygen atoms in total. The summed E-state index contributed by atoms with van der Waals surface area (Å²) in [6.07, 6.45) is 0. The molecular weight excluding hydrogens is 334 g/mol. The highest BCUT2D eigenvalue weighted by Gasteiger charge is 2.12. The summed E-state index contributed by atoms with van der Waals surface area (Å²) in [6.45, 7) is 2.06. The normalized spacial score (nSPS) is 10.7. The second kappa shape index (κ2) is 5.34. The van der Waals surface area contributed by atoms with E-state index in [1.807, 2.05) is 41.0 Å². The smallest absolute Gasteiger partial charge is 0.200 e. The molecule has 0 radical (unpaired) electrons. The van der Waals surface area contributed by atoms with Crippen molar-refractivity contribution in [2.75, 3.05) is 0 Å². The summed E-state index contributed by atoms with van der Waals surface area (Å²) in [7, 11) is 0. The van der Waals surface area contributed by atoms with E-state index in [2.05, 4.69) is 45.2 Å². The molecule has 3 aromatic rings. The Kier molecular flexibility index (Phi) is 3.54. The van der Waals surface area contributed by atoms with Crippen LogP contribution < -0.4 is 0 Å². The van der Waals surface area contributed by atoms with E-state index < -0.39 is 0 Å². The fourth-order valence-corrected chi connectivity index (χ4v) is 2.73. The molecule has 1 aromatic heterocycles. The molecule has 5 heteroatoms. The monoisotopic (exact) mass is 345 g/mol. The first-order valence-corrected chi connectivity index (χ1v) is 7.36. The van der Waals surface area contributed by atoms with Gasteiger partial charge < -0.3 is 0 Å². The minimum atomic E-state index is 0.588. The van der Waals surface area contributed by atoms with Crippen molar-refractivity contribution in [2.45, 2.75) is 6.92 Å². The van der Waals surface area contributed by atoms with Crippen LogP contribution in [0.4, 0.5) is 0 Å². The minimum absolute atomic E-state index is 0.588. The Balaban J connectivity index is 2.27. The Morgan fingerprint density at radius 3 is 2.65 bits per heavy atom. The fourth-order valence-electron chi connectivity index (χ4n) is 2.13. The molecule has 0 aliphatic rings. The lowest BCUT2D eigenvalue weighted by atomic mass is 10.1. The van der Waals surface area contributed by atoms with E-state index in [1.54, 1.807) is 0 Å². The van der Waals surface area contributed by atoms with Crippen molar-refractivity contribution in [1.29, 1.82) is 0 Å². The Morgan fingerprint density at radius 1 is 1.15 bits per heavy atom. The Morgan fingerprint density at radius 2 is 1.90 bits per heavy atom. The SMILES string of the molecule is Cc1ccc(Br)cc1-c1n[nH]c(=S)n1-c1ccccc1. The number of nitrogens with one attached hydrogen (secondary N) is 1. The molecule has 0 amide bonds. The molecule has 20 heavy (non-hydrogen) atoms. The highest BCUT2D eigenvalue weighted by Crippen LogP contribution is 2.27. The molecule has 0 aliphatic carbocycles. The van der Waals surface area contributed by atoms with Crippen molar-refractivity contribution in [2.24, 2.45) is 0 Å². The summed E-state index contributed by atoms with van der Waals surface area (Å²) in [5.41, 5.74) is 3.20. The maximum atomic E-state index is 5.36. The fraction of sp³-hybridized carbons (Fsp3) is 0.0667. The number of H-pyrrole nitrogens is 1. The third-order valence-electron chi connectivity index (χ3n) is 3.13. The van der Waals surface area contributed by atoms with Gasteiger partial charge in [-0.15, -0.1) is 0 Å². The summed E-state index contributed by atoms with van der Waals surface area (Å²) in [5.74, 6) is 0.819. The molecule has 1 N–H and O–H groups in total. The molecule has 0 spiro atoms. The second-order valence-corrected chi connectivity index (χ2v) is 5.78.